The van der Waals surface area contributed by atoms with Gasteiger partial charge >= 0.3 is 6.09 Å². The van der Waals surface area contributed by atoms with Gasteiger partial charge in [0.2, 0.25) is 17.7 Å². The van der Waals surface area contributed by atoms with Gasteiger partial charge in [-0.15, -0.1) is 0 Å². The van der Waals surface area contributed by atoms with E-state index in [1.165, 1.54) is 0 Å². The first-order valence-corrected chi connectivity index (χ1v) is 38.1. The molecular formula is C76H134N4O21. The van der Waals surface area contributed by atoms with Crippen molar-refractivity contribution in [2.24, 2.45) is 58.7 Å². The summed E-state index contributed by atoms with van der Waals surface area (Å²) in [5.74, 6) is 2.91. The number of hydrogen-bond acceptors (Lipinski definition) is 21. The van der Waals surface area contributed by atoms with Gasteiger partial charge in [-0.3, -0.25) is 19.2 Å². The Balaban J connectivity index is 1.24. The van der Waals surface area contributed by atoms with E-state index in [9.17, 15) is 24.0 Å². The third-order valence-corrected chi connectivity index (χ3v) is 20.5. The SMILES string of the molecule is CCC1O[C@H](OCCOCCOCCNC(=O)CCOCC(CCOCC(=O)NCCOCCOCCO[C@H]2OC(CC)[C@@H](C)[C@H](C)C2C)(COCCC(=O)NCCOCCOCCO[C@H]2OC(CC)[C@@H](C)[C@H](C)C2C)CC(=O)CCCCCNC(=O)OCc2ccccc2)C(C)[C@@H](C)[C@@H]1C. The fraction of sp³-hybridized carbons (Fsp3) is 0.855. The molecule has 3 aliphatic rings. The van der Waals surface area contributed by atoms with Crippen LogP contribution in [0.3, 0.4) is 0 Å². The van der Waals surface area contributed by atoms with Crippen molar-refractivity contribution >= 4 is 29.6 Å². The summed E-state index contributed by atoms with van der Waals surface area (Å²) < 4.78 is 94.9. The molecule has 15 atom stereocenters. The van der Waals surface area contributed by atoms with Gasteiger partial charge in [0.25, 0.3) is 0 Å². The van der Waals surface area contributed by atoms with Crippen LogP contribution in [0.4, 0.5) is 4.79 Å². The van der Waals surface area contributed by atoms with Crippen LogP contribution in [0.25, 0.3) is 0 Å². The number of hydrogen-bond donors (Lipinski definition) is 4. The molecule has 3 aliphatic heterocycles. The van der Waals surface area contributed by atoms with Gasteiger partial charge in [-0.25, -0.2) is 4.79 Å². The zero-order chi connectivity index (χ0) is 73.5. The number of ether oxygens (including phenoxy) is 16. The number of ketones is 1. The lowest BCUT2D eigenvalue weighted by Crippen LogP contribution is -2.45. The van der Waals surface area contributed by atoms with Crippen LogP contribution in [-0.4, -0.2) is 232 Å². The van der Waals surface area contributed by atoms with Gasteiger partial charge in [-0.05, 0) is 79.6 Å². The Morgan fingerprint density at radius 2 is 0.782 bits per heavy atom. The zero-order valence-corrected chi connectivity index (χ0v) is 63.8. The summed E-state index contributed by atoms with van der Waals surface area (Å²) in [7, 11) is 0. The molecule has 4 amide bonds. The molecule has 0 aliphatic carbocycles. The molecule has 4 rings (SSSR count). The van der Waals surface area contributed by atoms with E-state index >= 15 is 0 Å². The quantitative estimate of drug-likeness (QED) is 0.0442. The summed E-state index contributed by atoms with van der Waals surface area (Å²) in [6, 6.07) is 9.42. The Morgan fingerprint density at radius 3 is 1.20 bits per heavy atom. The third kappa shape index (κ3) is 36.7. The minimum atomic E-state index is -0.969. The minimum Gasteiger partial charge on any atom is -0.445 e. The number of carbonyl (C=O) groups is 5. The second-order valence-electron chi connectivity index (χ2n) is 27.8. The van der Waals surface area contributed by atoms with Crippen molar-refractivity contribution < 1.29 is 99.8 Å². The first kappa shape index (κ1) is 89.4. The summed E-state index contributed by atoms with van der Waals surface area (Å²) in [6.07, 6.45) is 4.60. The number of carbonyl (C=O) groups excluding carboxylic acids is 5. The van der Waals surface area contributed by atoms with Gasteiger partial charge in [0.1, 0.15) is 19.0 Å². The molecule has 3 heterocycles. The fourth-order valence-corrected chi connectivity index (χ4v) is 12.9. The monoisotopic (exact) mass is 1440 g/mol. The number of amides is 4. The Bertz CT molecular complexity index is 2140. The van der Waals surface area contributed by atoms with Crippen LogP contribution in [0.1, 0.15) is 159 Å². The number of alkyl carbamates (subject to hydrolysis) is 1. The number of Topliss-reactive ketones (excluding diaryl/α,β-unsaturated/α-hetero) is 1. The van der Waals surface area contributed by atoms with E-state index < -0.39 is 11.5 Å². The number of rotatable bonds is 58. The second kappa shape index (κ2) is 53.7. The highest BCUT2D eigenvalue weighted by atomic mass is 16.7. The Morgan fingerprint density at radius 1 is 0.386 bits per heavy atom. The van der Waals surface area contributed by atoms with Gasteiger partial charge in [-0.2, -0.15) is 0 Å². The summed E-state index contributed by atoms with van der Waals surface area (Å²) in [5.41, 5.74) is -0.0859. The Hall–Kier alpha value is -4.03. The predicted molar refractivity (Wildman–Crippen MR) is 383 cm³/mol. The van der Waals surface area contributed by atoms with E-state index in [2.05, 4.69) is 104 Å². The summed E-state index contributed by atoms with van der Waals surface area (Å²) in [4.78, 5) is 65.4. The molecule has 584 valence electrons. The average molecular weight is 1440 g/mol. The van der Waals surface area contributed by atoms with Gasteiger partial charge < -0.3 is 97.1 Å². The smallest absolute Gasteiger partial charge is 0.407 e. The van der Waals surface area contributed by atoms with Gasteiger partial charge in [0.05, 0.1) is 144 Å². The Kier molecular flexibility index (Phi) is 47.5. The maximum Gasteiger partial charge on any atom is 0.407 e. The van der Waals surface area contributed by atoms with Crippen molar-refractivity contribution in [2.75, 3.05) is 165 Å². The van der Waals surface area contributed by atoms with E-state index in [0.29, 0.717) is 141 Å². The van der Waals surface area contributed by atoms with Crippen LogP contribution in [-0.2, 0) is 102 Å². The molecule has 3 fully saturated rings. The maximum absolute atomic E-state index is 14.0. The summed E-state index contributed by atoms with van der Waals surface area (Å²) in [6.45, 7) is 33.3. The largest absolute Gasteiger partial charge is 0.445 e. The summed E-state index contributed by atoms with van der Waals surface area (Å²) in [5, 5.41) is 11.3. The van der Waals surface area contributed by atoms with Gasteiger partial charge in [0, 0.05) is 81.6 Å². The third-order valence-electron chi connectivity index (χ3n) is 20.5. The van der Waals surface area contributed by atoms with Crippen LogP contribution in [0.15, 0.2) is 30.3 Å². The standard InChI is InChI=1S/C76H134N4O21/c1-13-66-58(7)55(4)61(10)72(99-66)95-47-44-89-41-38-86-35-29-77-69(82)25-32-93-53-76(50-65(81)24-20-17-21-28-80-75(85)98-51-64-22-18-16-19-23-64,27-34-92-52-71(84)79-31-37-88-40-43-91-46-49-97-74-63(12)57(6)60(9)68(15-3)101-74)54-94-33-26-70(83)78-30-36-87-39-42-90-45-48-96-73-62(11)56(5)59(8)67(14-2)100-73/h16,18-19,22-23,55-63,66-68,72-74H,13-15,17,20-21,24-54H2,1-12H3,(H,77,82)(H,78,83)(H,79,84)(H,80,85)/t55-,56-,57-,58-,59-,60-,61?,62?,63?,66?,67?,68?,72-,73-,74-,76?/m0/s1. The lowest BCUT2D eigenvalue weighted by molar-refractivity contribution is -0.251. The van der Waals surface area contributed by atoms with E-state index in [1.807, 2.05) is 30.3 Å². The van der Waals surface area contributed by atoms with Crippen LogP contribution in [0.2, 0.25) is 0 Å². The number of nitrogens with one attached hydrogen (secondary N) is 4. The van der Waals surface area contributed by atoms with E-state index in [0.717, 1.165) is 24.8 Å². The average Bonchev–Trinajstić information content (AvgIpc) is 0.822. The molecule has 0 spiro atoms. The molecule has 25 heteroatoms. The normalized spacial score (nSPS) is 25.8. The van der Waals surface area contributed by atoms with E-state index in [-0.39, 0.29) is 196 Å². The van der Waals surface area contributed by atoms with Crippen LogP contribution >= 0.6 is 0 Å². The molecule has 6 unspecified atom stereocenters. The van der Waals surface area contributed by atoms with Crippen LogP contribution in [0, 0.1) is 58.7 Å². The highest BCUT2D eigenvalue weighted by molar-refractivity contribution is 5.79. The molecule has 0 saturated carbocycles. The first-order valence-electron chi connectivity index (χ1n) is 38.1. The van der Waals surface area contributed by atoms with Crippen LogP contribution in [0.5, 0.6) is 0 Å². The predicted octanol–water partition coefficient (Wildman–Crippen LogP) is 9.27. The molecule has 1 aromatic rings. The minimum absolute atomic E-state index is 0.0155. The maximum atomic E-state index is 14.0. The van der Waals surface area contributed by atoms with Gasteiger partial charge in [0.15, 0.2) is 18.9 Å². The van der Waals surface area contributed by atoms with Gasteiger partial charge in [-0.1, -0.05) is 120 Å². The van der Waals surface area contributed by atoms with Crippen LogP contribution < -0.4 is 21.3 Å². The van der Waals surface area contributed by atoms with E-state index in [1.54, 1.807) is 0 Å². The number of benzene rings is 1. The Labute approximate surface area is 605 Å². The van der Waals surface area contributed by atoms with Crippen molar-refractivity contribution in [3.05, 3.63) is 35.9 Å². The summed E-state index contributed by atoms with van der Waals surface area (Å²) >= 11 is 0. The van der Waals surface area contributed by atoms with Crippen molar-refractivity contribution in [3.8, 4) is 0 Å². The molecule has 1 aromatic carbocycles. The molecule has 0 bridgehead atoms. The zero-order valence-electron chi connectivity index (χ0n) is 63.8. The number of unbranched alkanes of at least 4 members (excludes halogenated alkanes) is 2. The molecule has 0 aromatic heterocycles. The molecule has 3 saturated heterocycles. The lowest BCUT2D eigenvalue weighted by atomic mass is 9.78. The van der Waals surface area contributed by atoms with E-state index in [4.69, 9.17) is 75.8 Å². The highest BCUT2D eigenvalue weighted by Gasteiger charge is 2.41. The van der Waals surface area contributed by atoms with Crippen molar-refractivity contribution in [1.29, 1.82) is 0 Å². The fourth-order valence-electron chi connectivity index (χ4n) is 12.9. The molecular weight excluding hydrogens is 1300 g/mol. The van der Waals surface area contributed by atoms with Crippen molar-refractivity contribution in [2.45, 2.75) is 198 Å². The topological polar surface area (TPSA) is 281 Å². The van der Waals surface area contributed by atoms with Crippen molar-refractivity contribution in [3.63, 3.8) is 0 Å². The second-order valence-corrected chi connectivity index (χ2v) is 27.8. The lowest BCUT2D eigenvalue weighted by Gasteiger charge is -2.43. The molecule has 25 nitrogen and oxygen atoms in total. The molecule has 101 heavy (non-hydrogen) atoms. The first-order chi connectivity index (χ1) is 48.8. The highest BCUT2D eigenvalue weighted by Crippen LogP contribution is 2.39. The molecule has 0 radical (unpaired) electrons. The van der Waals surface area contributed by atoms with Crippen molar-refractivity contribution in [1.82, 2.24) is 21.3 Å². The molecule has 4 N–H and O–H groups in total.